The molecule has 110 valence electrons. The van der Waals surface area contributed by atoms with Gasteiger partial charge in [0.15, 0.2) is 0 Å². The summed E-state index contributed by atoms with van der Waals surface area (Å²) in [5, 5.41) is 2.96. The second kappa shape index (κ2) is 8.06. The van der Waals surface area contributed by atoms with Gasteiger partial charge in [-0.3, -0.25) is 0 Å². The van der Waals surface area contributed by atoms with Gasteiger partial charge in [-0.25, -0.2) is 13.1 Å². The summed E-state index contributed by atoms with van der Waals surface area (Å²) < 4.78 is 32.4. The summed E-state index contributed by atoms with van der Waals surface area (Å²) in [6.45, 7) is 2.22. The molecule has 5 nitrogen and oxygen atoms in total. The second-order valence-corrected chi connectivity index (χ2v) is 6.46. The maximum atomic E-state index is 12.0. The number of likely N-dealkylation sites (N-methyl/N-ethyl adjacent to an activating group) is 1. The lowest BCUT2D eigenvalue weighted by Crippen LogP contribution is -2.37. The molecular weight excluding hydrogens is 356 g/mol. The van der Waals surface area contributed by atoms with Gasteiger partial charge in [0.1, 0.15) is 5.75 Å². The van der Waals surface area contributed by atoms with Gasteiger partial charge < -0.3 is 10.1 Å². The van der Waals surface area contributed by atoms with Crippen molar-refractivity contribution in [2.24, 2.45) is 0 Å². The lowest BCUT2D eigenvalue weighted by Gasteiger charge is -2.12. The standard InChI is InChI=1S/C11H17BrN2O3S.ClH/c1-8(13-2)7-14-18(15,16)9-4-5-10(12)11(6-9)17-3;/h4-6,8,13-14H,7H2,1-3H3;1H. The molecule has 2 N–H and O–H groups in total. The molecule has 1 rings (SSSR count). The van der Waals surface area contributed by atoms with Crippen LogP contribution >= 0.6 is 28.3 Å². The predicted molar refractivity (Wildman–Crippen MR) is 81.7 cm³/mol. The Balaban J connectivity index is 0.00000324. The van der Waals surface area contributed by atoms with E-state index in [0.717, 1.165) is 0 Å². The zero-order valence-corrected chi connectivity index (χ0v) is 14.2. The van der Waals surface area contributed by atoms with Gasteiger partial charge in [0.2, 0.25) is 10.0 Å². The highest BCUT2D eigenvalue weighted by Gasteiger charge is 2.16. The van der Waals surface area contributed by atoms with Crippen LogP contribution in [0.5, 0.6) is 5.75 Å². The van der Waals surface area contributed by atoms with Gasteiger partial charge in [0, 0.05) is 18.7 Å². The number of benzene rings is 1. The Morgan fingerprint density at radius 1 is 1.42 bits per heavy atom. The Labute approximate surface area is 128 Å². The van der Waals surface area contributed by atoms with Gasteiger partial charge in [0.05, 0.1) is 16.5 Å². The zero-order chi connectivity index (χ0) is 13.8. The summed E-state index contributed by atoms with van der Waals surface area (Å²) in [6.07, 6.45) is 0. The van der Waals surface area contributed by atoms with Crippen LogP contribution in [-0.4, -0.2) is 35.2 Å². The highest BCUT2D eigenvalue weighted by molar-refractivity contribution is 9.10. The number of sulfonamides is 1. The van der Waals surface area contributed by atoms with Crippen LogP contribution in [-0.2, 0) is 10.0 Å². The van der Waals surface area contributed by atoms with Gasteiger partial charge in [0.25, 0.3) is 0 Å². The van der Waals surface area contributed by atoms with E-state index in [0.29, 0.717) is 16.8 Å². The van der Waals surface area contributed by atoms with Gasteiger partial charge in [-0.2, -0.15) is 0 Å². The minimum atomic E-state index is -3.51. The van der Waals surface area contributed by atoms with Crippen LogP contribution in [0.1, 0.15) is 6.92 Å². The molecule has 0 bridgehead atoms. The van der Waals surface area contributed by atoms with Crippen LogP contribution in [0.3, 0.4) is 0 Å². The number of hydrogen-bond acceptors (Lipinski definition) is 4. The molecule has 8 heteroatoms. The number of nitrogens with one attached hydrogen (secondary N) is 2. The van der Waals surface area contributed by atoms with E-state index in [1.807, 2.05) is 6.92 Å². The van der Waals surface area contributed by atoms with Crippen molar-refractivity contribution in [3.05, 3.63) is 22.7 Å². The van der Waals surface area contributed by atoms with Crippen LogP contribution in [0.2, 0.25) is 0 Å². The van der Waals surface area contributed by atoms with E-state index in [4.69, 9.17) is 4.74 Å². The zero-order valence-electron chi connectivity index (χ0n) is 10.9. The Morgan fingerprint density at radius 2 is 2.05 bits per heavy atom. The molecule has 0 aliphatic carbocycles. The summed E-state index contributed by atoms with van der Waals surface area (Å²) >= 11 is 3.28. The Hall–Kier alpha value is -0.340. The monoisotopic (exact) mass is 372 g/mol. The first-order valence-corrected chi connectivity index (χ1v) is 7.68. The molecular formula is C11H18BrClN2O3S. The topological polar surface area (TPSA) is 67.4 Å². The maximum Gasteiger partial charge on any atom is 0.240 e. The third kappa shape index (κ3) is 5.27. The molecule has 0 heterocycles. The third-order valence-corrected chi connectivity index (χ3v) is 4.58. The fraction of sp³-hybridized carbons (Fsp3) is 0.455. The maximum absolute atomic E-state index is 12.0. The molecule has 0 spiro atoms. The van der Waals surface area contributed by atoms with E-state index in [1.54, 1.807) is 13.1 Å². The largest absolute Gasteiger partial charge is 0.496 e. The molecule has 0 saturated carbocycles. The quantitative estimate of drug-likeness (QED) is 0.797. The van der Waals surface area contributed by atoms with E-state index in [1.165, 1.54) is 19.2 Å². The minimum Gasteiger partial charge on any atom is -0.496 e. The van der Waals surface area contributed by atoms with Gasteiger partial charge >= 0.3 is 0 Å². The molecule has 0 fully saturated rings. The van der Waals surface area contributed by atoms with Crippen LogP contribution < -0.4 is 14.8 Å². The normalized spacial score (nSPS) is 12.6. The minimum absolute atomic E-state index is 0. The smallest absolute Gasteiger partial charge is 0.240 e. The molecule has 0 aliphatic rings. The van der Waals surface area contributed by atoms with E-state index in [2.05, 4.69) is 26.0 Å². The molecule has 0 saturated heterocycles. The Kier molecular flexibility index (Phi) is 7.92. The molecule has 0 aromatic heterocycles. The first-order chi connectivity index (χ1) is 8.40. The fourth-order valence-corrected chi connectivity index (χ4v) is 2.78. The summed E-state index contributed by atoms with van der Waals surface area (Å²) in [4.78, 5) is 0.186. The van der Waals surface area contributed by atoms with E-state index < -0.39 is 10.0 Å². The van der Waals surface area contributed by atoms with Crippen molar-refractivity contribution in [2.45, 2.75) is 17.9 Å². The number of rotatable bonds is 6. The highest BCUT2D eigenvalue weighted by atomic mass is 79.9. The van der Waals surface area contributed by atoms with Gasteiger partial charge in [-0.05, 0) is 42.0 Å². The van der Waals surface area contributed by atoms with Crippen molar-refractivity contribution < 1.29 is 13.2 Å². The Morgan fingerprint density at radius 3 is 2.58 bits per heavy atom. The number of hydrogen-bond donors (Lipinski definition) is 2. The fourth-order valence-electron chi connectivity index (χ4n) is 1.23. The van der Waals surface area contributed by atoms with Gasteiger partial charge in [-0.15, -0.1) is 12.4 Å². The third-order valence-electron chi connectivity index (χ3n) is 2.51. The SMILES string of the molecule is CNC(C)CNS(=O)(=O)c1ccc(Br)c(OC)c1.Cl. The molecule has 1 aromatic carbocycles. The number of halogens is 2. The van der Waals surface area contributed by atoms with Crippen LogP contribution in [0.25, 0.3) is 0 Å². The average molecular weight is 374 g/mol. The van der Waals surface area contributed by atoms with Crippen LogP contribution in [0.4, 0.5) is 0 Å². The predicted octanol–water partition coefficient (Wildman–Crippen LogP) is 1.77. The van der Waals surface area contributed by atoms with E-state index in [9.17, 15) is 8.42 Å². The summed E-state index contributed by atoms with van der Waals surface area (Å²) in [5.74, 6) is 0.486. The van der Waals surface area contributed by atoms with Crippen molar-refractivity contribution in [3.8, 4) is 5.75 Å². The van der Waals surface area contributed by atoms with Crippen molar-refractivity contribution in [2.75, 3.05) is 20.7 Å². The number of ether oxygens (including phenoxy) is 1. The molecule has 1 atom stereocenters. The molecule has 1 aromatic rings. The first-order valence-electron chi connectivity index (χ1n) is 5.41. The molecule has 0 radical (unpaired) electrons. The summed E-state index contributed by atoms with van der Waals surface area (Å²) in [7, 11) is -0.233. The van der Waals surface area contributed by atoms with E-state index >= 15 is 0 Å². The average Bonchev–Trinajstić information content (AvgIpc) is 2.36. The summed E-state index contributed by atoms with van der Waals surface area (Å²) in [6, 6.07) is 4.72. The van der Waals surface area contributed by atoms with Crippen LogP contribution in [0, 0.1) is 0 Å². The molecule has 19 heavy (non-hydrogen) atoms. The van der Waals surface area contributed by atoms with Crippen molar-refractivity contribution in [1.82, 2.24) is 10.0 Å². The molecule has 0 aliphatic heterocycles. The first kappa shape index (κ1) is 18.7. The van der Waals surface area contributed by atoms with Gasteiger partial charge in [-0.1, -0.05) is 0 Å². The van der Waals surface area contributed by atoms with Crippen molar-refractivity contribution in [3.63, 3.8) is 0 Å². The molecule has 1 unspecified atom stereocenters. The van der Waals surface area contributed by atoms with Crippen molar-refractivity contribution >= 4 is 38.4 Å². The lowest BCUT2D eigenvalue weighted by atomic mass is 10.3. The number of methoxy groups -OCH3 is 1. The van der Waals surface area contributed by atoms with E-state index in [-0.39, 0.29) is 23.3 Å². The highest BCUT2D eigenvalue weighted by Crippen LogP contribution is 2.27. The molecule has 0 amide bonds. The van der Waals surface area contributed by atoms with Crippen LogP contribution in [0.15, 0.2) is 27.6 Å². The second-order valence-electron chi connectivity index (χ2n) is 3.84. The van der Waals surface area contributed by atoms with Crippen molar-refractivity contribution in [1.29, 1.82) is 0 Å². The summed E-state index contributed by atoms with van der Waals surface area (Å²) in [5.41, 5.74) is 0. The lowest BCUT2D eigenvalue weighted by molar-refractivity contribution is 0.410. The Bertz CT molecular complexity index is 511.